The molecule has 0 aliphatic carbocycles. The smallest absolute Gasteiger partial charge is 0.229 e. The molecule has 5 nitrogen and oxygen atoms in total. The minimum atomic E-state index is -3.63. The average molecular weight is 388 g/mol. The molecule has 1 atom stereocenters. The first-order valence-electron chi connectivity index (χ1n) is 5.58. The molecule has 0 saturated carbocycles. The van der Waals surface area contributed by atoms with E-state index in [2.05, 4.69) is 15.9 Å². The SMILES string of the molecule is Cc1sc(Br)cc1S(=O)(=O)N(C)C1CCS(=O)(=O)C1. The van der Waals surface area contributed by atoms with Crippen LogP contribution in [-0.4, -0.2) is 45.7 Å². The summed E-state index contributed by atoms with van der Waals surface area (Å²) in [5.41, 5.74) is 0. The number of thiophene rings is 1. The van der Waals surface area contributed by atoms with Crippen molar-refractivity contribution in [2.24, 2.45) is 0 Å². The van der Waals surface area contributed by atoms with Crippen LogP contribution in [0.25, 0.3) is 0 Å². The largest absolute Gasteiger partial charge is 0.244 e. The third-order valence-corrected chi connectivity index (χ3v) is 8.69. The van der Waals surface area contributed by atoms with Gasteiger partial charge in [-0.3, -0.25) is 0 Å². The minimum Gasteiger partial charge on any atom is -0.229 e. The molecule has 0 N–H and O–H groups in total. The number of aryl methyl sites for hydroxylation is 1. The summed E-state index contributed by atoms with van der Waals surface area (Å²) in [6, 6.07) is 1.10. The Morgan fingerprint density at radius 2 is 2.11 bits per heavy atom. The van der Waals surface area contributed by atoms with Gasteiger partial charge >= 0.3 is 0 Å². The highest BCUT2D eigenvalue weighted by molar-refractivity contribution is 9.11. The van der Waals surface area contributed by atoms with Gasteiger partial charge < -0.3 is 0 Å². The van der Waals surface area contributed by atoms with Crippen LogP contribution < -0.4 is 0 Å². The van der Waals surface area contributed by atoms with Crippen molar-refractivity contribution in [2.75, 3.05) is 18.6 Å². The Kier molecular flexibility index (Phi) is 4.14. The second kappa shape index (κ2) is 5.10. The number of nitrogens with zero attached hydrogens (tertiary/aromatic N) is 1. The monoisotopic (exact) mass is 387 g/mol. The van der Waals surface area contributed by atoms with Gasteiger partial charge in [-0.1, -0.05) is 0 Å². The van der Waals surface area contributed by atoms with Gasteiger partial charge in [-0.25, -0.2) is 16.8 Å². The fourth-order valence-corrected chi connectivity index (χ4v) is 7.74. The van der Waals surface area contributed by atoms with Gasteiger partial charge in [0.15, 0.2) is 9.84 Å². The Hall–Kier alpha value is 0.0400. The van der Waals surface area contributed by atoms with Gasteiger partial charge in [0.2, 0.25) is 10.0 Å². The predicted molar refractivity (Wildman–Crippen MR) is 78.8 cm³/mol. The molecule has 1 fully saturated rings. The third kappa shape index (κ3) is 3.05. The summed E-state index contributed by atoms with van der Waals surface area (Å²) < 4.78 is 49.8. The van der Waals surface area contributed by atoms with E-state index < -0.39 is 25.9 Å². The number of hydrogen-bond acceptors (Lipinski definition) is 5. The summed E-state index contributed by atoms with van der Waals surface area (Å²) in [6.07, 6.45) is 0.364. The zero-order valence-electron chi connectivity index (χ0n) is 10.5. The van der Waals surface area contributed by atoms with E-state index in [1.807, 2.05) is 0 Å². The molecule has 1 unspecified atom stereocenters. The van der Waals surface area contributed by atoms with Gasteiger partial charge in [0, 0.05) is 18.0 Å². The number of rotatable bonds is 3. The van der Waals surface area contributed by atoms with E-state index in [1.165, 1.54) is 22.7 Å². The highest BCUT2D eigenvalue weighted by Gasteiger charge is 2.37. The quantitative estimate of drug-likeness (QED) is 0.789. The maximum Gasteiger partial charge on any atom is 0.244 e. The van der Waals surface area contributed by atoms with Crippen molar-refractivity contribution in [1.82, 2.24) is 4.31 Å². The summed E-state index contributed by atoms with van der Waals surface area (Å²) in [4.78, 5) is 0.941. The van der Waals surface area contributed by atoms with Crippen LogP contribution >= 0.6 is 27.3 Å². The first-order valence-corrected chi connectivity index (χ1v) is 10.4. The summed E-state index contributed by atoms with van der Waals surface area (Å²) >= 11 is 4.61. The number of hydrogen-bond donors (Lipinski definition) is 0. The van der Waals surface area contributed by atoms with Gasteiger partial charge in [-0.2, -0.15) is 4.31 Å². The molecule has 19 heavy (non-hydrogen) atoms. The van der Waals surface area contributed by atoms with Crippen molar-refractivity contribution in [2.45, 2.75) is 24.3 Å². The normalized spacial score (nSPS) is 23.1. The van der Waals surface area contributed by atoms with E-state index in [4.69, 9.17) is 0 Å². The standard InChI is InChI=1S/C10H14BrNO4S3/c1-7-9(5-10(11)17-7)19(15,16)12(2)8-3-4-18(13,14)6-8/h5,8H,3-4,6H2,1-2H3. The van der Waals surface area contributed by atoms with E-state index in [1.54, 1.807) is 13.0 Å². The Balaban J connectivity index is 2.33. The van der Waals surface area contributed by atoms with Crippen LogP contribution in [0, 0.1) is 6.92 Å². The average Bonchev–Trinajstić information content (AvgIpc) is 2.80. The molecule has 2 rings (SSSR count). The molecule has 0 amide bonds. The lowest BCUT2D eigenvalue weighted by atomic mass is 10.3. The predicted octanol–water partition coefficient (Wildman–Crippen LogP) is 1.63. The molecule has 9 heteroatoms. The molecular formula is C10H14BrNO4S3. The van der Waals surface area contributed by atoms with Crippen molar-refractivity contribution in [1.29, 1.82) is 0 Å². The van der Waals surface area contributed by atoms with Crippen LogP contribution in [0.5, 0.6) is 0 Å². The van der Waals surface area contributed by atoms with Crippen LogP contribution in [0.2, 0.25) is 0 Å². The maximum absolute atomic E-state index is 12.5. The van der Waals surface area contributed by atoms with Gasteiger partial charge in [-0.05, 0) is 35.3 Å². The van der Waals surface area contributed by atoms with Crippen molar-refractivity contribution in [3.05, 3.63) is 14.7 Å². The molecule has 1 aliphatic rings. The molecule has 1 aromatic rings. The summed E-state index contributed by atoms with van der Waals surface area (Å²) in [6.45, 7) is 1.74. The van der Waals surface area contributed by atoms with Gasteiger partial charge in [0.1, 0.15) is 0 Å². The highest BCUT2D eigenvalue weighted by Crippen LogP contribution is 2.32. The van der Waals surface area contributed by atoms with Crippen molar-refractivity contribution >= 4 is 47.1 Å². The van der Waals surface area contributed by atoms with E-state index in [0.29, 0.717) is 11.3 Å². The van der Waals surface area contributed by atoms with E-state index in [9.17, 15) is 16.8 Å². The summed E-state index contributed by atoms with van der Waals surface area (Å²) in [5.74, 6) is -0.0308. The van der Waals surface area contributed by atoms with Crippen LogP contribution in [-0.2, 0) is 19.9 Å². The minimum absolute atomic E-state index is 0.0594. The molecular weight excluding hydrogens is 374 g/mol. The van der Waals surface area contributed by atoms with E-state index in [-0.39, 0.29) is 16.4 Å². The topological polar surface area (TPSA) is 71.5 Å². The van der Waals surface area contributed by atoms with Gasteiger partial charge in [0.25, 0.3) is 0 Å². The Morgan fingerprint density at radius 1 is 1.47 bits per heavy atom. The molecule has 1 aliphatic heterocycles. The summed E-state index contributed by atoms with van der Waals surface area (Å²) in [7, 11) is -5.28. The molecule has 108 valence electrons. The van der Waals surface area contributed by atoms with Crippen LogP contribution in [0.4, 0.5) is 0 Å². The molecule has 0 radical (unpaired) electrons. The van der Waals surface area contributed by atoms with Crippen molar-refractivity contribution in [3.63, 3.8) is 0 Å². The fraction of sp³-hybridized carbons (Fsp3) is 0.600. The molecule has 0 bridgehead atoms. The zero-order valence-corrected chi connectivity index (χ0v) is 14.5. The lowest BCUT2D eigenvalue weighted by molar-refractivity contribution is 0.394. The Morgan fingerprint density at radius 3 is 2.53 bits per heavy atom. The lowest BCUT2D eigenvalue weighted by Gasteiger charge is -2.22. The summed E-state index contributed by atoms with van der Waals surface area (Å²) in [5, 5.41) is 0. The molecule has 2 heterocycles. The van der Waals surface area contributed by atoms with Crippen molar-refractivity contribution in [3.8, 4) is 0 Å². The van der Waals surface area contributed by atoms with Gasteiger partial charge in [-0.15, -0.1) is 11.3 Å². The van der Waals surface area contributed by atoms with Gasteiger partial charge in [0.05, 0.1) is 20.2 Å². The fourth-order valence-electron chi connectivity index (χ4n) is 2.10. The first-order chi connectivity index (χ1) is 8.63. The second-order valence-corrected chi connectivity index (χ2v) is 11.4. The molecule has 1 saturated heterocycles. The number of sulfonamides is 1. The molecule has 0 aromatic carbocycles. The first kappa shape index (κ1) is 15.4. The maximum atomic E-state index is 12.5. The highest BCUT2D eigenvalue weighted by atomic mass is 79.9. The van der Waals surface area contributed by atoms with Crippen LogP contribution in [0.1, 0.15) is 11.3 Å². The Labute approximate surface area is 125 Å². The molecule has 0 spiro atoms. The van der Waals surface area contributed by atoms with E-state index in [0.717, 1.165) is 3.79 Å². The van der Waals surface area contributed by atoms with E-state index >= 15 is 0 Å². The van der Waals surface area contributed by atoms with Crippen LogP contribution in [0.15, 0.2) is 14.7 Å². The third-order valence-electron chi connectivity index (χ3n) is 3.22. The van der Waals surface area contributed by atoms with Crippen LogP contribution in [0.3, 0.4) is 0 Å². The second-order valence-electron chi connectivity index (χ2n) is 4.55. The Bertz CT molecular complexity index is 692. The zero-order chi connectivity index (χ0) is 14.4. The number of sulfone groups is 1. The lowest BCUT2D eigenvalue weighted by Crippen LogP contribution is -2.37. The van der Waals surface area contributed by atoms with Crippen molar-refractivity contribution < 1.29 is 16.8 Å². The molecule has 1 aromatic heterocycles. The number of halogens is 1.